The first kappa shape index (κ1) is 23.2. The molecule has 1 saturated heterocycles. The van der Waals surface area contributed by atoms with Gasteiger partial charge in [0.15, 0.2) is 23.1 Å². The fourth-order valence-corrected chi connectivity index (χ4v) is 5.18. The minimum absolute atomic E-state index is 0.0444. The molecule has 2 aromatic heterocycles. The van der Waals surface area contributed by atoms with E-state index in [1.165, 1.54) is 19.1 Å². The van der Waals surface area contributed by atoms with Crippen LogP contribution in [0, 0.1) is 11.6 Å². The number of hydrogen-bond donors (Lipinski definition) is 1. The molecule has 1 spiro atoms. The minimum atomic E-state index is -0.970. The summed E-state index contributed by atoms with van der Waals surface area (Å²) in [4.78, 5) is 31.7. The smallest absolute Gasteiger partial charge is 0.407 e. The van der Waals surface area contributed by atoms with Crippen LogP contribution in [0.25, 0.3) is 11.3 Å². The molecular weight excluding hydrogens is 488 g/mol. The van der Waals surface area contributed by atoms with Gasteiger partial charge in [0.1, 0.15) is 5.69 Å². The fraction of sp³-hybridized carbons (Fsp3) is 0.360. The fourth-order valence-electron chi connectivity index (χ4n) is 5.18. The number of nitrogens with zero attached hydrogens (tertiary/aromatic N) is 5. The molecule has 0 bridgehead atoms. The van der Waals surface area contributed by atoms with Gasteiger partial charge in [-0.15, -0.1) is 0 Å². The van der Waals surface area contributed by atoms with Gasteiger partial charge in [-0.25, -0.2) is 13.6 Å². The van der Waals surface area contributed by atoms with Crippen LogP contribution in [0.1, 0.15) is 30.0 Å². The number of rotatable bonds is 5. The van der Waals surface area contributed by atoms with E-state index in [-0.39, 0.29) is 30.0 Å². The molecule has 2 amide bonds. The van der Waals surface area contributed by atoms with E-state index in [1.807, 2.05) is 12.3 Å². The molecule has 3 aliphatic rings. The van der Waals surface area contributed by atoms with E-state index in [2.05, 4.69) is 10.1 Å². The molecule has 0 unspecified atom stereocenters. The highest BCUT2D eigenvalue weighted by atomic mass is 19.1. The highest BCUT2D eigenvalue weighted by Gasteiger charge is 2.57. The lowest BCUT2D eigenvalue weighted by molar-refractivity contribution is -0.121. The summed E-state index contributed by atoms with van der Waals surface area (Å²) >= 11 is 0. The second-order valence-electron chi connectivity index (χ2n) is 9.51. The van der Waals surface area contributed by atoms with E-state index in [9.17, 15) is 9.59 Å². The quantitative estimate of drug-likeness (QED) is 0.559. The number of methoxy groups -OCH3 is 2. The zero-order valence-corrected chi connectivity index (χ0v) is 20.1. The third-order valence-corrected chi connectivity index (χ3v) is 7.46. The summed E-state index contributed by atoms with van der Waals surface area (Å²) in [5.74, 6) is -2.77. The molecule has 192 valence electrons. The highest BCUT2D eigenvalue weighted by molar-refractivity contribution is 6.05. The van der Waals surface area contributed by atoms with Gasteiger partial charge in [-0.3, -0.25) is 14.5 Å². The van der Waals surface area contributed by atoms with Crippen LogP contribution in [0.2, 0.25) is 0 Å². The van der Waals surface area contributed by atoms with Crippen molar-refractivity contribution in [2.45, 2.75) is 30.8 Å². The van der Waals surface area contributed by atoms with Crippen LogP contribution in [0.3, 0.4) is 0 Å². The Morgan fingerprint density at radius 1 is 1.11 bits per heavy atom. The van der Waals surface area contributed by atoms with Gasteiger partial charge >= 0.3 is 6.09 Å². The Morgan fingerprint density at radius 2 is 1.78 bits per heavy atom. The van der Waals surface area contributed by atoms with Crippen molar-refractivity contribution in [1.82, 2.24) is 19.7 Å². The van der Waals surface area contributed by atoms with Crippen LogP contribution < -0.4 is 14.4 Å². The molecule has 0 radical (unpaired) electrons. The number of carboxylic acid groups (broad SMARTS) is 1. The Bertz CT molecular complexity index is 1420. The van der Waals surface area contributed by atoms with Crippen molar-refractivity contribution in [3.05, 3.63) is 53.5 Å². The molecule has 37 heavy (non-hydrogen) atoms. The van der Waals surface area contributed by atoms with Gasteiger partial charge < -0.3 is 24.4 Å². The average Bonchev–Trinajstić information content (AvgIpc) is 3.51. The number of anilines is 1. The zero-order chi connectivity index (χ0) is 26.1. The van der Waals surface area contributed by atoms with Crippen molar-refractivity contribution in [2.75, 3.05) is 32.2 Å². The van der Waals surface area contributed by atoms with Crippen molar-refractivity contribution < 1.29 is 33.0 Å². The maximum Gasteiger partial charge on any atom is 0.407 e. The number of aromatic nitrogens is 3. The number of carbonyl (C=O) groups is 2. The van der Waals surface area contributed by atoms with Crippen LogP contribution >= 0.6 is 0 Å². The monoisotopic (exact) mass is 511 g/mol. The van der Waals surface area contributed by atoms with Crippen molar-refractivity contribution in [3.63, 3.8) is 0 Å². The Balaban J connectivity index is 1.34. The van der Waals surface area contributed by atoms with Crippen molar-refractivity contribution >= 4 is 17.7 Å². The molecule has 1 aliphatic carbocycles. The molecule has 3 aromatic rings. The Hall–Kier alpha value is -4.22. The molecule has 1 aromatic carbocycles. The summed E-state index contributed by atoms with van der Waals surface area (Å²) < 4.78 is 42.3. The highest BCUT2D eigenvalue weighted by Crippen LogP contribution is 2.55. The zero-order valence-electron chi connectivity index (χ0n) is 20.1. The lowest BCUT2D eigenvalue weighted by Crippen LogP contribution is -2.50. The standard InChI is InChI=1S/C25H23F2N5O5/c1-36-18-6-19(37-2)21(27)22(20(18)26)31-9-13-7-28-17(5-16(13)25(3-4-25)23(31)33)14-8-29-32(10-14)15-11-30(12-15)24(34)35/h5-8,10,15H,3-4,9,11-12H2,1-2H3,(H,34,35). The van der Waals surface area contributed by atoms with Crippen molar-refractivity contribution in [1.29, 1.82) is 0 Å². The molecule has 2 fully saturated rings. The summed E-state index contributed by atoms with van der Waals surface area (Å²) in [6.45, 7) is 0.674. The summed E-state index contributed by atoms with van der Waals surface area (Å²) in [5, 5.41) is 13.4. The Morgan fingerprint density at radius 3 is 2.38 bits per heavy atom. The van der Waals surface area contributed by atoms with Gasteiger partial charge in [0.05, 0.1) is 44.1 Å². The van der Waals surface area contributed by atoms with Gasteiger partial charge in [-0.05, 0) is 30.0 Å². The van der Waals surface area contributed by atoms with Gasteiger partial charge in [-0.2, -0.15) is 5.10 Å². The second-order valence-corrected chi connectivity index (χ2v) is 9.51. The first-order valence-corrected chi connectivity index (χ1v) is 11.7. The SMILES string of the molecule is COc1cc(OC)c(F)c(N2Cc3cnc(-c4cnn(C5CN(C(=O)O)C5)c4)cc3C3(CC3)C2=O)c1F. The Kier molecular flexibility index (Phi) is 5.11. The molecule has 4 heterocycles. The number of benzene rings is 1. The van der Waals surface area contributed by atoms with Gasteiger partial charge in [0, 0.05) is 37.1 Å². The summed E-state index contributed by atoms with van der Waals surface area (Å²) in [7, 11) is 2.52. The number of ether oxygens (including phenoxy) is 2. The predicted molar refractivity (Wildman–Crippen MR) is 126 cm³/mol. The van der Waals surface area contributed by atoms with Gasteiger partial charge in [0.2, 0.25) is 5.91 Å². The first-order chi connectivity index (χ1) is 17.8. The van der Waals surface area contributed by atoms with E-state index >= 15 is 8.78 Å². The maximum absolute atomic E-state index is 15.2. The van der Waals surface area contributed by atoms with E-state index < -0.39 is 28.8 Å². The van der Waals surface area contributed by atoms with Gasteiger partial charge in [-0.1, -0.05) is 0 Å². The maximum atomic E-state index is 15.2. The largest absolute Gasteiger partial charge is 0.493 e. The number of halogens is 2. The number of amides is 2. The van der Waals surface area contributed by atoms with E-state index in [4.69, 9.17) is 14.6 Å². The molecule has 2 aliphatic heterocycles. The Labute approximate surface area is 210 Å². The molecule has 1 N–H and O–H groups in total. The van der Waals surface area contributed by atoms with Crippen molar-refractivity contribution in [3.8, 4) is 22.8 Å². The number of carbonyl (C=O) groups excluding carboxylic acids is 1. The van der Waals surface area contributed by atoms with E-state index in [1.54, 1.807) is 17.1 Å². The molecule has 12 heteroatoms. The summed E-state index contributed by atoms with van der Waals surface area (Å²) in [6, 6.07) is 2.92. The minimum Gasteiger partial charge on any atom is -0.493 e. The first-order valence-electron chi connectivity index (χ1n) is 11.7. The third-order valence-electron chi connectivity index (χ3n) is 7.46. The molecule has 0 atom stereocenters. The molecule has 1 saturated carbocycles. The number of fused-ring (bicyclic) bond motifs is 2. The summed E-state index contributed by atoms with van der Waals surface area (Å²) in [6.07, 6.45) is 5.24. The summed E-state index contributed by atoms with van der Waals surface area (Å²) in [5.41, 5.74) is 1.46. The molecular formula is C25H23F2N5O5. The van der Waals surface area contributed by atoms with Crippen LogP contribution in [-0.2, 0) is 16.8 Å². The normalized spacial score (nSPS) is 18.0. The number of pyridine rings is 1. The van der Waals surface area contributed by atoms with Crippen LogP contribution in [0.15, 0.2) is 30.7 Å². The van der Waals surface area contributed by atoms with Gasteiger partial charge in [0.25, 0.3) is 0 Å². The average molecular weight is 511 g/mol. The lowest BCUT2D eigenvalue weighted by atomic mass is 9.86. The van der Waals surface area contributed by atoms with Crippen LogP contribution in [0.4, 0.5) is 19.3 Å². The lowest BCUT2D eigenvalue weighted by Gasteiger charge is -2.36. The van der Waals surface area contributed by atoms with E-state index in [0.29, 0.717) is 37.2 Å². The third kappa shape index (κ3) is 3.42. The van der Waals surface area contributed by atoms with Crippen LogP contribution in [0.5, 0.6) is 11.5 Å². The van der Waals surface area contributed by atoms with E-state index in [0.717, 1.165) is 22.1 Å². The number of likely N-dealkylation sites (tertiary alicyclic amines) is 1. The molecule has 10 nitrogen and oxygen atoms in total. The second kappa shape index (κ2) is 8.15. The predicted octanol–water partition coefficient (Wildman–Crippen LogP) is 3.35. The number of hydrogen-bond acceptors (Lipinski definition) is 6. The molecule has 6 rings (SSSR count). The van der Waals surface area contributed by atoms with Crippen molar-refractivity contribution in [2.24, 2.45) is 0 Å². The van der Waals surface area contributed by atoms with Crippen LogP contribution in [-0.4, -0.2) is 64.1 Å². The topological polar surface area (TPSA) is 110 Å².